The van der Waals surface area contributed by atoms with Gasteiger partial charge in [0, 0.05) is 18.7 Å². The SMILES string of the molecule is Cc1cccc(C(=O)NCC(=O)N2CCC(C(=O)O)C2)c1. The Kier molecular flexibility index (Phi) is 4.57. The van der Waals surface area contributed by atoms with Gasteiger partial charge in [0.05, 0.1) is 12.5 Å². The maximum Gasteiger partial charge on any atom is 0.308 e. The van der Waals surface area contributed by atoms with Gasteiger partial charge in [0.2, 0.25) is 5.91 Å². The van der Waals surface area contributed by atoms with E-state index in [2.05, 4.69) is 5.32 Å². The van der Waals surface area contributed by atoms with Gasteiger partial charge in [0.15, 0.2) is 0 Å². The van der Waals surface area contributed by atoms with Crippen molar-refractivity contribution in [2.75, 3.05) is 19.6 Å². The number of amides is 2. The maximum absolute atomic E-state index is 11.9. The van der Waals surface area contributed by atoms with Crippen molar-refractivity contribution in [3.63, 3.8) is 0 Å². The Bertz CT molecular complexity index is 571. The van der Waals surface area contributed by atoms with Crippen LogP contribution >= 0.6 is 0 Å². The topological polar surface area (TPSA) is 86.7 Å². The number of nitrogens with zero attached hydrogens (tertiary/aromatic N) is 1. The lowest BCUT2D eigenvalue weighted by atomic mass is 10.1. The average molecular weight is 290 g/mol. The number of hydrogen-bond acceptors (Lipinski definition) is 3. The minimum atomic E-state index is -0.880. The van der Waals surface area contributed by atoms with E-state index in [9.17, 15) is 14.4 Å². The van der Waals surface area contributed by atoms with E-state index < -0.39 is 11.9 Å². The lowest BCUT2D eigenvalue weighted by Gasteiger charge is -2.16. The van der Waals surface area contributed by atoms with Gasteiger partial charge in [-0.05, 0) is 25.5 Å². The van der Waals surface area contributed by atoms with Gasteiger partial charge in [-0.15, -0.1) is 0 Å². The van der Waals surface area contributed by atoms with Gasteiger partial charge in [-0.2, -0.15) is 0 Å². The predicted molar refractivity (Wildman–Crippen MR) is 75.8 cm³/mol. The van der Waals surface area contributed by atoms with Crippen LogP contribution in [0.15, 0.2) is 24.3 Å². The Morgan fingerprint density at radius 2 is 2.14 bits per heavy atom. The molecule has 1 unspecified atom stereocenters. The normalized spacial score (nSPS) is 17.6. The second-order valence-electron chi connectivity index (χ2n) is 5.22. The zero-order valence-electron chi connectivity index (χ0n) is 11.8. The standard InChI is InChI=1S/C15H18N2O4/c1-10-3-2-4-11(7-10)14(19)16-8-13(18)17-6-5-12(9-17)15(20)21/h2-4,7,12H,5-6,8-9H2,1H3,(H,16,19)(H,20,21). The molecule has 1 fully saturated rings. The van der Waals surface area contributed by atoms with Crippen LogP contribution in [0.1, 0.15) is 22.3 Å². The van der Waals surface area contributed by atoms with Crippen molar-refractivity contribution in [3.8, 4) is 0 Å². The molecule has 1 aromatic carbocycles. The summed E-state index contributed by atoms with van der Waals surface area (Å²) in [6.07, 6.45) is 0.465. The highest BCUT2D eigenvalue weighted by Crippen LogP contribution is 2.16. The zero-order valence-corrected chi connectivity index (χ0v) is 11.8. The molecule has 1 saturated heterocycles. The molecule has 0 aliphatic carbocycles. The van der Waals surface area contributed by atoms with Crippen LogP contribution in [-0.2, 0) is 9.59 Å². The third-order valence-electron chi connectivity index (χ3n) is 3.57. The summed E-state index contributed by atoms with van der Waals surface area (Å²) in [5, 5.41) is 11.5. The molecule has 1 aliphatic rings. The molecule has 0 bridgehead atoms. The molecule has 1 aliphatic heterocycles. The Morgan fingerprint density at radius 1 is 1.38 bits per heavy atom. The summed E-state index contributed by atoms with van der Waals surface area (Å²) in [5.74, 6) is -1.93. The van der Waals surface area contributed by atoms with Crippen molar-refractivity contribution in [1.29, 1.82) is 0 Å². The largest absolute Gasteiger partial charge is 0.481 e. The molecule has 6 heteroatoms. The molecule has 21 heavy (non-hydrogen) atoms. The molecule has 112 valence electrons. The van der Waals surface area contributed by atoms with Crippen LogP contribution in [0.5, 0.6) is 0 Å². The average Bonchev–Trinajstić information content (AvgIpc) is 2.94. The van der Waals surface area contributed by atoms with E-state index in [1.807, 2.05) is 13.0 Å². The summed E-state index contributed by atoms with van der Waals surface area (Å²) in [6.45, 7) is 2.42. The number of carboxylic acid groups (broad SMARTS) is 1. The first-order chi connectivity index (χ1) is 9.97. The van der Waals surface area contributed by atoms with Crippen LogP contribution in [-0.4, -0.2) is 47.4 Å². The molecule has 2 rings (SSSR count). The number of likely N-dealkylation sites (tertiary alicyclic amines) is 1. The van der Waals surface area contributed by atoms with Crippen molar-refractivity contribution >= 4 is 17.8 Å². The number of aliphatic carboxylic acids is 1. The lowest BCUT2D eigenvalue weighted by Crippen LogP contribution is -2.39. The monoisotopic (exact) mass is 290 g/mol. The van der Waals surface area contributed by atoms with E-state index in [0.717, 1.165) is 5.56 Å². The number of aryl methyl sites for hydroxylation is 1. The van der Waals surface area contributed by atoms with Crippen LogP contribution in [0.3, 0.4) is 0 Å². The van der Waals surface area contributed by atoms with Gasteiger partial charge in [-0.3, -0.25) is 14.4 Å². The van der Waals surface area contributed by atoms with E-state index in [1.54, 1.807) is 18.2 Å². The molecule has 0 radical (unpaired) electrons. The van der Waals surface area contributed by atoms with Crippen LogP contribution in [0.4, 0.5) is 0 Å². The fourth-order valence-electron chi connectivity index (χ4n) is 2.34. The summed E-state index contributed by atoms with van der Waals surface area (Å²) in [5.41, 5.74) is 1.48. The van der Waals surface area contributed by atoms with Crippen LogP contribution < -0.4 is 5.32 Å². The fourth-order valence-corrected chi connectivity index (χ4v) is 2.34. The van der Waals surface area contributed by atoms with Crippen molar-refractivity contribution in [2.24, 2.45) is 5.92 Å². The summed E-state index contributed by atoms with van der Waals surface area (Å²) in [4.78, 5) is 36.2. The lowest BCUT2D eigenvalue weighted by molar-refractivity contribution is -0.141. The summed E-state index contributed by atoms with van der Waals surface area (Å²) >= 11 is 0. The van der Waals surface area contributed by atoms with E-state index >= 15 is 0 Å². The molecular formula is C15H18N2O4. The summed E-state index contributed by atoms with van der Waals surface area (Å²) in [7, 11) is 0. The van der Waals surface area contributed by atoms with Gasteiger partial charge in [-0.1, -0.05) is 17.7 Å². The van der Waals surface area contributed by atoms with Gasteiger partial charge >= 0.3 is 5.97 Å². The summed E-state index contributed by atoms with van der Waals surface area (Å²) < 4.78 is 0. The Morgan fingerprint density at radius 3 is 2.76 bits per heavy atom. The van der Waals surface area contributed by atoms with E-state index in [4.69, 9.17) is 5.11 Å². The number of nitrogens with one attached hydrogen (secondary N) is 1. The minimum Gasteiger partial charge on any atom is -0.481 e. The van der Waals surface area contributed by atoms with Crippen molar-refractivity contribution < 1.29 is 19.5 Å². The second-order valence-corrected chi connectivity index (χ2v) is 5.22. The second kappa shape index (κ2) is 6.39. The molecular weight excluding hydrogens is 272 g/mol. The van der Waals surface area contributed by atoms with E-state index in [1.165, 1.54) is 4.90 Å². The number of carbonyl (C=O) groups is 3. The van der Waals surface area contributed by atoms with Gasteiger partial charge in [0.1, 0.15) is 0 Å². The molecule has 1 aromatic rings. The van der Waals surface area contributed by atoms with Crippen molar-refractivity contribution in [3.05, 3.63) is 35.4 Å². The third kappa shape index (κ3) is 3.81. The minimum absolute atomic E-state index is 0.112. The fraction of sp³-hybridized carbons (Fsp3) is 0.400. The van der Waals surface area contributed by atoms with Crippen molar-refractivity contribution in [2.45, 2.75) is 13.3 Å². The highest BCUT2D eigenvalue weighted by Gasteiger charge is 2.30. The third-order valence-corrected chi connectivity index (χ3v) is 3.57. The zero-order chi connectivity index (χ0) is 15.4. The van der Waals surface area contributed by atoms with Crippen LogP contribution in [0, 0.1) is 12.8 Å². The first kappa shape index (κ1) is 15.0. The summed E-state index contributed by atoms with van der Waals surface area (Å²) in [6, 6.07) is 7.10. The molecule has 1 atom stereocenters. The number of carbonyl (C=O) groups excluding carboxylic acids is 2. The first-order valence-corrected chi connectivity index (χ1v) is 6.83. The van der Waals surface area contributed by atoms with Crippen LogP contribution in [0.25, 0.3) is 0 Å². The predicted octanol–water partition coefficient (Wildman–Crippen LogP) is 0.658. The Balaban J connectivity index is 1.84. The first-order valence-electron chi connectivity index (χ1n) is 6.83. The molecule has 0 saturated carbocycles. The smallest absolute Gasteiger partial charge is 0.308 e. The Labute approximate surface area is 122 Å². The number of carboxylic acids is 1. The molecule has 0 spiro atoms. The molecule has 1 heterocycles. The Hall–Kier alpha value is -2.37. The quantitative estimate of drug-likeness (QED) is 0.852. The number of rotatable bonds is 4. The number of hydrogen-bond donors (Lipinski definition) is 2. The van der Waals surface area contributed by atoms with Crippen LogP contribution in [0.2, 0.25) is 0 Å². The number of benzene rings is 1. The highest BCUT2D eigenvalue weighted by molar-refractivity contribution is 5.96. The van der Waals surface area contributed by atoms with E-state index in [-0.39, 0.29) is 24.9 Å². The molecule has 2 amide bonds. The molecule has 0 aromatic heterocycles. The van der Waals surface area contributed by atoms with E-state index in [0.29, 0.717) is 18.5 Å². The maximum atomic E-state index is 11.9. The molecule has 2 N–H and O–H groups in total. The van der Waals surface area contributed by atoms with Gasteiger partial charge < -0.3 is 15.3 Å². The van der Waals surface area contributed by atoms with Crippen molar-refractivity contribution in [1.82, 2.24) is 10.2 Å². The van der Waals surface area contributed by atoms with Gasteiger partial charge in [0.25, 0.3) is 5.91 Å². The molecule has 6 nitrogen and oxygen atoms in total. The van der Waals surface area contributed by atoms with Gasteiger partial charge in [-0.25, -0.2) is 0 Å². The highest BCUT2D eigenvalue weighted by atomic mass is 16.4.